The molecule has 2 heteroatoms. The molecule has 1 heterocycles. The maximum absolute atomic E-state index is 10.5. The largest absolute Gasteiger partial charge is 0.455 e. The van der Waals surface area contributed by atoms with Crippen LogP contribution in [0.4, 0.5) is 0 Å². The van der Waals surface area contributed by atoms with Gasteiger partial charge in [-0.1, -0.05) is 90.0 Å². The smallest absolute Gasteiger partial charge is 0.143 e. The molecule has 36 heavy (non-hydrogen) atoms. The summed E-state index contributed by atoms with van der Waals surface area (Å²) in [6, 6.07) is 28.1. The van der Waals surface area contributed by atoms with E-state index >= 15 is 0 Å². The second kappa shape index (κ2) is 8.96. The molecule has 2 nitrogen and oxygen atoms in total. The fourth-order valence-corrected chi connectivity index (χ4v) is 5.50. The molecule has 0 fully saturated rings. The Morgan fingerprint density at radius 1 is 0.778 bits per heavy atom. The van der Waals surface area contributed by atoms with Gasteiger partial charge in [0.1, 0.15) is 11.2 Å². The normalized spacial score (nSPS) is 17.9. The molecule has 0 bridgehead atoms. The van der Waals surface area contributed by atoms with E-state index in [0.717, 1.165) is 33.1 Å². The molecule has 0 saturated carbocycles. The highest BCUT2D eigenvalue weighted by atomic mass is 16.3. The first-order chi connectivity index (χ1) is 17.5. The average molecular weight is 471 g/mol. The van der Waals surface area contributed by atoms with Crippen LogP contribution in [0.15, 0.2) is 107 Å². The number of rotatable bonds is 3. The number of allylic oxidation sites excluding steroid dienone is 3. The van der Waals surface area contributed by atoms with E-state index in [-0.39, 0.29) is 5.92 Å². The SMILES string of the molecule is CC1=CC(c2cc(-c3cc(-c4cccc(C)c4)cc4c3oc3ccccc34)ccc2C)CC(O)C=C1. The minimum Gasteiger partial charge on any atom is -0.455 e. The fraction of sp³-hybridized carbons (Fsp3) is 0.176. The van der Waals surface area contributed by atoms with E-state index in [9.17, 15) is 5.11 Å². The number of fused-ring (bicyclic) bond motifs is 3. The van der Waals surface area contributed by atoms with Crippen molar-refractivity contribution in [1.29, 1.82) is 0 Å². The van der Waals surface area contributed by atoms with Crippen molar-refractivity contribution in [3.05, 3.63) is 119 Å². The second-order valence-electron chi connectivity index (χ2n) is 10.1. The van der Waals surface area contributed by atoms with Crippen LogP contribution in [0.25, 0.3) is 44.2 Å². The molecule has 6 rings (SSSR count). The molecule has 0 spiro atoms. The van der Waals surface area contributed by atoms with Crippen LogP contribution in [0.5, 0.6) is 0 Å². The first-order valence-electron chi connectivity index (χ1n) is 12.6. The third-order valence-electron chi connectivity index (χ3n) is 7.36. The summed E-state index contributed by atoms with van der Waals surface area (Å²) in [5.41, 5.74) is 11.3. The molecule has 1 aliphatic carbocycles. The number of benzene rings is 4. The average Bonchev–Trinajstić information content (AvgIpc) is 3.16. The van der Waals surface area contributed by atoms with Gasteiger partial charge in [0.15, 0.2) is 0 Å². The molecule has 2 atom stereocenters. The topological polar surface area (TPSA) is 33.4 Å². The summed E-state index contributed by atoms with van der Waals surface area (Å²) < 4.78 is 6.46. The predicted octanol–water partition coefficient (Wildman–Crippen LogP) is 8.89. The molecular weight excluding hydrogens is 440 g/mol. The lowest BCUT2D eigenvalue weighted by molar-refractivity contribution is 0.208. The number of aliphatic hydroxyl groups excluding tert-OH is 1. The zero-order valence-electron chi connectivity index (χ0n) is 21.0. The fourth-order valence-electron chi connectivity index (χ4n) is 5.50. The van der Waals surface area contributed by atoms with E-state index in [1.807, 2.05) is 24.3 Å². The molecule has 0 amide bonds. The molecule has 5 aromatic rings. The maximum atomic E-state index is 10.5. The van der Waals surface area contributed by atoms with Crippen molar-refractivity contribution >= 4 is 21.9 Å². The Hall–Kier alpha value is -3.88. The third-order valence-corrected chi connectivity index (χ3v) is 7.36. The number of aliphatic hydroxyl groups is 1. The summed E-state index contributed by atoms with van der Waals surface area (Å²) in [6.45, 7) is 6.39. The van der Waals surface area contributed by atoms with Crippen molar-refractivity contribution in [3.8, 4) is 22.3 Å². The summed E-state index contributed by atoms with van der Waals surface area (Å²) in [6.07, 6.45) is 6.43. The molecule has 1 aliphatic rings. The van der Waals surface area contributed by atoms with Gasteiger partial charge in [0, 0.05) is 22.3 Å². The molecule has 2 unspecified atom stereocenters. The van der Waals surface area contributed by atoms with E-state index < -0.39 is 6.10 Å². The molecule has 0 radical (unpaired) electrons. The second-order valence-corrected chi connectivity index (χ2v) is 10.1. The van der Waals surface area contributed by atoms with Crippen LogP contribution in [0.1, 0.15) is 36.0 Å². The van der Waals surface area contributed by atoms with Crippen LogP contribution >= 0.6 is 0 Å². The predicted molar refractivity (Wildman–Crippen MR) is 150 cm³/mol. The molecular formula is C34H30O2. The Labute approximate surface area is 212 Å². The van der Waals surface area contributed by atoms with Gasteiger partial charge in [-0.25, -0.2) is 0 Å². The minimum atomic E-state index is -0.446. The molecule has 1 aromatic heterocycles. The Morgan fingerprint density at radius 2 is 1.64 bits per heavy atom. The van der Waals surface area contributed by atoms with Gasteiger partial charge in [-0.15, -0.1) is 0 Å². The summed E-state index contributed by atoms with van der Waals surface area (Å²) in [5.74, 6) is 0.154. The summed E-state index contributed by atoms with van der Waals surface area (Å²) in [4.78, 5) is 0. The van der Waals surface area contributed by atoms with Crippen LogP contribution in [0, 0.1) is 13.8 Å². The third kappa shape index (κ3) is 4.08. The lowest BCUT2D eigenvalue weighted by atomic mass is 9.86. The first kappa shape index (κ1) is 22.6. The van der Waals surface area contributed by atoms with Gasteiger partial charge in [0.05, 0.1) is 6.10 Å². The van der Waals surface area contributed by atoms with Crippen molar-refractivity contribution in [2.24, 2.45) is 0 Å². The van der Waals surface area contributed by atoms with Crippen molar-refractivity contribution in [3.63, 3.8) is 0 Å². The minimum absolute atomic E-state index is 0.154. The number of aryl methyl sites for hydroxylation is 2. The summed E-state index contributed by atoms with van der Waals surface area (Å²) in [5, 5.41) is 12.8. The van der Waals surface area contributed by atoms with E-state index in [0.29, 0.717) is 6.42 Å². The van der Waals surface area contributed by atoms with E-state index in [1.165, 1.54) is 33.4 Å². The number of hydrogen-bond acceptors (Lipinski definition) is 2. The van der Waals surface area contributed by atoms with Crippen molar-refractivity contribution in [2.45, 2.75) is 39.2 Å². The van der Waals surface area contributed by atoms with Gasteiger partial charge in [0.25, 0.3) is 0 Å². The Bertz CT molecular complexity index is 1660. The van der Waals surface area contributed by atoms with Gasteiger partial charge in [-0.05, 0) is 73.2 Å². The first-order valence-corrected chi connectivity index (χ1v) is 12.6. The number of para-hydroxylation sites is 1. The van der Waals surface area contributed by atoms with Crippen LogP contribution in [0.2, 0.25) is 0 Å². The Kier molecular flexibility index (Phi) is 5.62. The highest BCUT2D eigenvalue weighted by Crippen LogP contribution is 2.41. The molecule has 0 aliphatic heterocycles. The highest BCUT2D eigenvalue weighted by molar-refractivity contribution is 6.11. The van der Waals surface area contributed by atoms with Crippen molar-refractivity contribution in [1.82, 2.24) is 0 Å². The Morgan fingerprint density at radius 3 is 2.50 bits per heavy atom. The van der Waals surface area contributed by atoms with Crippen molar-refractivity contribution in [2.75, 3.05) is 0 Å². The van der Waals surface area contributed by atoms with Crippen LogP contribution in [0.3, 0.4) is 0 Å². The van der Waals surface area contributed by atoms with Gasteiger partial charge in [0.2, 0.25) is 0 Å². The zero-order valence-corrected chi connectivity index (χ0v) is 21.0. The summed E-state index contributed by atoms with van der Waals surface area (Å²) >= 11 is 0. The molecule has 0 saturated heterocycles. The van der Waals surface area contributed by atoms with Crippen LogP contribution < -0.4 is 0 Å². The zero-order chi connectivity index (χ0) is 24.8. The number of furan rings is 1. The maximum Gasteiger partial charge on any atom is 0.143 e. The van der Waals surface area contributed by atoms with Gasteiger partial charge in [-0.3, -0.25) is 0 Å². The standard InChI is InChI=1S/C34H30O2/c1-21-7-6-8-24(15-21)26-19-31(34-32(20-26)29-9-4-5-10-33(29)36-34)25-13-12-23(3)30(18-25)27-16-22(2)11-14-28(35)17-27/h4-16,18-20,27-28,35H,17H2,1-3H3. The van der Waals surface area contributed by atoms with Gasteiger partial charge in [-0.2, -0.15) is 0 Å². The van der Waals surface area contributed by atoms with Crippen molar-refractivity contribution < 1.29 is 9.52 Å². The Balaban J connectivity index is 1.59. The highest BCUT2D eigenvalue weighted by Gasteiger charge is 2.20. The van der Waals surface area contributed by atoms with E-state index in [2.05, 4.69) is 93.6 Å². The number of hydrogen-bond donors (Lipinski definition) is 1. The molecule has 1 N–H and O–H groups in total. The monoisotopic (exact) mass is 470 g/mol. The van der Waals surface area contributed by atoms with E-state index in [1.54, 1.807) is 0 Å². The summed E-state index contributed by atoms with van der Waals surface area (Å²) in [7, 11) is 0. The lowest BCUT2D eigenvalue weighted by Gasteiger charge is -2.19. The lowest BCUT2D eigenvalue weighted by Crippen LogP contribution is -2.08. The quantitative estimate of drug-likeness (QED) is 0.286. The molecule has 4 aromatic carbocycles. The van der Waals surface area contributed by atoms with Crippen LogP contribution in [-0.4, -0.2) is 11.2 Å². The van der Waals surface area contributed by atoms with Crippen LogP contribution in [-0.2, 0) is 0 Å². The van der Waals surface area contributed by atoms with Gasteiger partial charge < -0.3 is 9.52 Å². The molecule has 178 valence electrons. The van der Waals surface area contributed by atoms with Gasteiger partial charge >= 0.3 is 0 Å². The van der Waals surface area contributed by atoms with E-state index in [4.69, 9.17) is 4.42 Å².